The van der Waals surface area contributed by atoms with Gasteiger partial charge in [-0.15, -0.1) is 0 Å². The van der Waals surface area contributed by atoms with Crippen LogP contribution in [0.3, 0.4) is 0 Å². The summed E-state index contributed by atoms with van der Waals surface area (Å²) >= 11 is 0. The van der Waals surface area contributed by atoms with Gasteiger partial charge in [-0.1, -0.05) is 90.0 Å². The highest BCUT2D eigenvalue weighted by atomic mass is 16.5. The van der Waals surface area contributed by atoms with Crippen LogP contribution in [0.5, 0.6) is 11.5 Å². The Morgan fingerprint density at radius 2 is 1.29 bits per heavy atom. The van der Waals surface area contributed by atoms with Gasteiger partial charge in [0.05, 0.1) is 0 Å². The highest BCUT2D eigenvalue weighted by Gasteiger charge is 2.15. The molecule has 4 heteroatoms. The molecule has 174 valence electrons. The third-order valence-electron chi connectivity index (χ3n) is 5.87. The molecular weight excluding hydrogens is 436 g/mol. The minimum Gasteiger partial charge on any atom is -0.489 e. The van der Waals surface area contributed by atoms with Gasteiger partial charge in [-0.25, -0.2) is 0 Å². The normalized spacial score (nSPS) is 10.9. The first-order valence-corrected chi connectivity index (χ1v) is 11.6. The molecule has 0 radical (unpaired) electrons. The van der Waals surface area contributed by atoms with Gasteiger partial charge in [0.15, 0.2) is 5.43 Å². The van der Waals surface area contributed by atoms with Crippen molar-refractivity contribution in [2.75, 3.05) is 0 Å². The van der Waals surface area contributed by atoms with Crippen LogP contribution < -0.4 is 14.9 Å². The van der Waals surface area contributed by atoms with Crippen molar-refractivity contribution in [3.05, 3.63) is 130 Å². The van der Waals surface area contributed by atoms with E-state index in [1.165, 1.54) is 17.2 Å². The quantitative estimate of drug-likeness (QED) is 0.256. The predicted octanol–water partition coefficient (Wildman–Crippen LogP) is 7.23. The Kier molecular flexibility index (Phi) is 6.36. The minimum atomic E-state index is -0.158. The van der Waals surface area contributed by atoms with Gasteiger partial charge in [-0.05, 0) is 25.0 Å². The molecular formula is C31H26O4. The maximum Gasteiger partial charge on any atom is 0.197 e. The van der Waals surface area contributed by atoms with Gasteiger partial charge in [0.25, 0.3) is 0 Å². The average Bonchev–Trinajstić information content (AvgIpc) is 2.88. The van der Waals surface area contributed by atoms with Crippen molar-refractivity contribution in [2.45, 2.75) is 27.1 Å². The third kappa shape index (κ3) is 5.28. The molecule has 0 bridgehead atoms. The molecule has 1 heterocycles. The summed E-state index contributed by atoms with van der Waals surface area (Å²) in [6.07, 6.45) is 0. The summed E-state index contributed by atoms with van der Waals surface area (Å²) in [4.78, 5) is 13.2. The second kappa shape index (κ2) is 9.90. The molecule has 0 aliphatic heterocycles. The smallest absolute Gasteiger partial charge is 0.197 e. The lowest BCUT2D eigenvalue weighted by Gasteiger charge is -2.13. The van der Waals surface area contributed by atoms with E-state index in [0.717, 1.165) is 16.7 Å². The molecule has 0 unspecified atom stereocenters. The molecule has 0 amide bonds. The first-order valence-electron chi connectivity index (χ1n) is 11.6. The van der Waals surface area contributed by atoms with E-state index < -0.39 is 0 Å². The van der Waals surface area contributed by atoms with Crippen LogP contribution in [-0.2, 0) is 13.2 Å². The zero-order valence-electron chi connectivity index (χ0n) is 19.8. The van der Waals surface area contributed by atoms with E-state index in [0.29, 0.717) is 41.4 Å². The lowest BCUT2D eigenvalue weighted by molar-refractivity contribution is 0.292. The number of hydrogen-bond acceptors (Lipinski definition) is 4. The molecule has 0 aliphatic rings. The predicted molar refractivity (Wildman–Crippen MR) is 139 cm³/mol. The monoisotopic (exact) mass is 462 g/mol. The Morgan fingerprint density at radius 3 is 1.91 bits per heavy atom. The second-order valence-electron chi connectivity index (χ2n) is 8.68. The van der Waals surface area contributed by atoms with Crippen LogP contribution >= 0.6 is 0 Å². The molecule has 0 aliphatic carbocycles. The fraction of sp³-hybridized carbons (Fsp3) is 0.129. The Bertz CT molecular complexity index is 1500. The van der Waals surface area contributed by atoms with E-state index in [-0.39, 0.29) is 5.43 Å². The summed E-state index contributed by atoms with van der Waals surface area (Å²) in [7, 11) is 0. The molecule has 35 heavy (non-hydrogen) atoms. The second-order valence-corrected chi connectivity index (χ2v) is 8.68. The van der Waals surface area contributed by atoms with Crippen molar-refractivity contribution in [3.8, 4) is 22.8 Å². The molecule has 1 aromatic heterocycles. The highest BCUT2D eigenvalue weighted by Crippen LogP contribution is 2.33. The van der Waals surface area contributed by atoms with E-state index in [1.54, 1.807) is 12.1 Å². The zero-order chi connectivity index (χ0) is 24.2. The van der Waals surface area contributed by atoms with Crippen molar-refractivity contribution >= 4 is 11.0 Å². The molecule has 0 N–H and O–H groups in total. The van der Waals surface area contributed by atoms with Crippen molar-refractivity contribution in [1.82, 2.24) is 0 Å². The van der Waals surface area contributed by atoms with Gasteiger partial charge < -0.3 is 13.9 Å². The van der Waals surface area contributed by atoms with Crippen LogP contribution in [0.4, 0.5) is 0 Å². The zero-order valence-corrected chi connectivity index (χ0v) is 19.8. The SMILES string of the molecule is Cc1ccc(COc2cc(OCc3ccc(C)cc3)c3c(=O)cc(-c4ccccc4)oc3c2)cc1. The van der Waals surface area contributed by atoms with Crippen molar-refractivity contribution in [3.63, 3.8) is 0 Å². The highest BCUT2D eigenvalue weighted by molar-refractivity contribution is 5.86. The summed E-state index contributed by atoms with van der Waals surface area (Å²) in [6, 6.07) is 30.9. The van der Waals surface area contributed by atoms with Gasteiger partial charge in [-0.2, -0.15) is 0 Å². The van der Waals surface area contributed by atoms with Gasteiger partial charge in [0, 0.05) is 23.8 Å². The molecule has 0 saturated heterocycles. The fourth-order valence-corrected chi connectivity index (χ4v) is 3.87. The summed E-state index contributed by atoms with van der Waals surface area (Å²) in [6.45, 7) is 4.82. The van der Waals surface area contributed by atoms with E-state index in [2.05, 4.69) is 19.1 Å². The minimum absolute atomic E-state index is 0.158. The standard InChI is InChI=1S/C31H26O4/c1-21-8-12-23(13-9-21)19-33-26-16-29(34-20-24-14-10-22(2)11-15-24)31-27(32)18-28(35-30(31)17-26)25-6-4-3-5-7-25/h3-18H,19-20H2,1-2H3. The van der Waals surface area contributed by atoms with Crippen molar-refractivity contribution in [2.24, 2.45) is 0 Å². The molecule has 0 saturated carbocycles. The van der Waals surface area contributed by atoms with Crippen LogP contribution in [0.1, 0.15) is 22.3 Å². The lowest BCUT2D eigenvalue weighted by Crippen LogP contribution is -2.06. The maximum absolute atomic E-state index is 13.2. The van der Waals surface area contributed by atoms with Crippen LogP contribution in [0.15, 0.2) is 106 Å². The maximum atomic E-state index is 13.2. The van der Waals surface area contributed by atoms with Crippen molar-refractivity contribution < 1.29 is 13.9 Å². The van der Waals surface area contributed by atoms with E-state index >= 15 is 0 Å². The Labute approximate surface area is 204 Å². The first kappa shape index (κ1) is 22.5. The van der Waals surface area contributed by atoms with Crippen LogP contribution in [-0.4, -0.2) is 0 Å². The molecule has 0 atom stereocenters. The van der Waals surface area contributed by atoms with Crippen LogP contribution in [0, 0.1) is 13.8 Å². The van der Waals surface area contributed by atoms with E-state index in [1.807, 2.05) is 73.7 Å². The summed E-state index contributed by atoms with van der Waals surface area (Å²) in [5.74, 6) is 1.52. The molecule has 4 aromatic carbocycles. The molecule has 0 spiro atoms. The molecule has 5 rings (SSSR count). The number of aryl methyl sites for hydroxylation is 2. The van der Waals surface area contributed by atoms with Crippen LogP contribution in [0.2, 0.25) is 0 Å². The third-order valence-corrected chi connectivity index (χ3v) is 5.87. The van der Waals surface area contributed by atoms with Gasteiger partial charge in [0.1, 0.15) is 41.4 Å². The summed E-state index contributed by atoms with van der Waals surface area (Å²) in [5.41, 5.74) is 5.55. The largest absolute Gasteiger partial charge is 0.489 e. The van der Waals surface area contributed by atoms with Gasteiger partial charge in [-0.3, -0.25) is 4.79 Å². The van der Waals surface area contributed by atoms with Gasteiger partial charge >= 0.3 is 0 Å². The summed E-state index contributed by atoms with van der Waals surface area (Å²) in [5, 5.41) is 0.402. The molecule has 0 fully saturated rings. The number of ether oxygens (including phenoxy) is 2. The van der Waals surface area contributed by atoms with E-state index in [9.17, 15) is 4.79 Å². The Morgan fingerprint density at radius 1 is 0.686 bits per heavy atom. The number of benzene rings is 4. The number of fused-ring (bicyclic) bond motifs is 1. The van der Waals surface area contributed by atoms with E-state index in [4.69, 9.17) is 13.9 Å². The fourth-order valence-electron chi connectivity index (χ4n) is 3.87. The topological polar surface area (TPSA) is 48.7 Å². The first-order chi connectivity index (χ1) is 17.0. The average molecular weight is 463 g/mol. The van der Waals surface area contributed by atoms with Crippen LogP contribution in [0.25, 0.3) is 22.3 Å². The molecule has 4 nitrogen and oxygen atoms in total. The summed E-state index contributed by atoms with van der Waals surface area (Å²) < 4.78 is 18.4. The van der Waals surface area contributed by atoms with Gasteiger partial charge in [0.2, 0.25) is 0 Å². The Balaban J connectivity index is 1.52. The lowest BCUT2D eigenvalue weighted by atomic mass is 10.1. The molecule has 5 aromatic rings. The number of rotatable bonds is 7. The van der Waals surface area contributed by atoms with Crippen molar-refractivity contribution in [1.29, 1.82) is 0 Å². The number of hydrogen-bond donors (Lipinski definition) is 0. The Hall–Kier alpha value is -4.31.